The quantitative estimate of drug-likeness (QED) is 0.802. The fraction of sp³-hybridized carbons (Fsp3) is 0.476. The van der Waals surface area contributed by atoms with Crippen molar-refractivity contribution in [3.05, 3.63) is 47.3 Å². The fourth-order valence-corrected chi connectivity index (χ4v) is 3.25. The molecule has 0 spiro atoms. The third-order valence-electron chi connectivity index (χ3n) is 4.72. The number of carbonyl (C=O) groups excluding carboxylic acids is 2. The summed E-state index contributed by atoms with van der Waals surface area (Å²) in [6.07, 6.45) is 0.703. The van der Waals surface area contributed by atoms with E-state index in [1.807, 2.05) is 39.8 Å². The number of aromatic nitrogens is 2. The van der Waals surface area contributed by atoms with Crippen molar-refractivity contribution < 1.29 is 14.3 Å². The van der Waals surface area contributed by atoms with Gasteiger partial charge < -0.3 is 15.0 Å². The van der Waals surface area contributed by atoms with Gasteiger partial charge in [-0.1, -0.05) is 26.0 Å². The predicted octanol–water partition coefficient (Wildman–Crippen LogP) is 2.96. The predicted molar refractivity (Wildman–Crippen MR) is 107 cm³/mol. The molecule has 2 N–H and O–H groups in total. The molecule has 0 aliphatic carbocycles. The first kappa shape index (κ1) is 19.9. The second-order valence-corrected chi connectivity index (χ2v) is 7.73. The van der Waals surface area contributed by atoms with Gasteiger partial charge in [0.25, 0.3) is 11.8 Å². The molecule has 0 radical (unpaired) electrons. The van der Waals surface area contributed by atoms with Crippen molar-refractivity contribution in [3.8, 4) is 5.75 Å². The number of para-hydroxylation sites is 1. The Hall–Kier alpha value is -2.83. The number of hydrogen-bond acceptors (Lipinski definition) is 4. The number of nitrogens with zero attached hydrogens (tertiary/aromatic N) is 2. The molecule has 1 aromatic heterocycles. The van der Waals surface area contributed by atoms with Crippen LogP contribution in [0.4, 0.5) is 0 Å². The Morgan fingerprint density at radius 2 is 2.00 bits per heavy atom. The van der Waals surface area contributed by atoms with Gasteiger partial charge in [0.15, 0.2) is 0 Å². The van der Waals surface area contributed by atoms with Gasteiger partial charge in [-0.05, 0) is 44.4 Å². The smallest absolute Gasteiger partial charge is 0.271 e. The van der Waals surface area contributed by atoms with Crippen LogP contribution in [0.1, 0.15) is 66.6 Å². The van der Waals surface area contributed by atoms with Crippen LogP contribution in [-0.2, 0) is 0 Å². The highest BCUT2D eigenvalue weighted by Gasteiger charge is 2.29. The first-order chi connectivity index (χ1) is 13.3. The number of ether oxygens (including phenoxy) is 1. The minimum atomic E-state index is -0.181. The summed E-state index contributed by atoms with van der Waals surface area (Å²) in [5.41, 5.74) is 1.87. The summed E-state index contributed by atoms with van der Waals surface area (Å²) in [6, 6.07) is 8.93. The van der Waals surface area contributed by atoms with Gasteiger partial charge in [-0.15, -0.1) is 0 Å². The van der Waals surface area contributed by atoms with E-state index in [0.717, 1.165) is 12.1 Å². The first-order valence-electron chi connectivity index (χ1n) is 9.76. The van der Waals surface area contributed by atoms with Gasteiger partial charge in [-0.25, -0.2) is 0 Å². The molecule has 7 nitrogen and oxygen atoms in total. The number of nitrogens with one attached hydrogen (secondary N) is 2. The van der Waals surface area contributed by atoms with E-state index < -0.39 is 0 Å². The number of carbonyl (C=O) groups is 2. The molecule has 1 unspecified atom stereocenters. The molecule has 1 aliphatic heterocycles. The van der Waals surface area contributed by atoms with E-state index in [1.165, 1.54) is 0 Å². The Kier molecular flexibility index (Phi) is 6.02. The van der Waals surface area contributed by atoms with Crippen LogP contribution in [0.2, 0.25) is 0 Å². The molecule has 7 heteroatoms. The van der Waals surface area contributed by atoms with E-state index in [-0.39, 0.29) is 29.9 Å². The molecule has 1 aromatic carbocycles. The average molecular weight is 384 g/mol. The zero-order valence-electron chi connectivity index (χ0n) is 16.9. The Morgan fingerprint density at radius 3 is 2.68 bits per heavy atom. The maximum absolute atomic E-state index is 12.7. The van der Waals surface area contributed by atoms with Crippen LogP contribution in [0.15, 0.2) is 30.3 Å². The second kappa shape index (κ2) is 8.46. The van der Waals surface area contributed by atoms with E-state index in [2.05, 4.69) is 15.5 Å². The van der Waals surface area contributed by atoms with Gasteiger partial charge in [0.1, 0.15) is 11.4 Å². The number of rotatable bonds is 6. The van der Waals surface area contributed by atoms with Crippen LogP contribution in [0.3, 0.4) is 0 Å². The van der Waals surface area contributed by atoms with E-state index in [9.17, 15) is 9.59 Å². The molecule has 2 heterocycles. The number of hydrogen-bond donors (Lipinski definition) is 2. The number of aromatic amines is 1. The third-order valence-corrected chi connectivity index (χ3v) is 4.72. The largest absolute Gasteiger partial charge is 0.490 e. The molecular formula is C21H28N4O3. The average Bonchev–Trinajstić information content (AvgIpc) is 3.31. The molecule has 1 atom stereocenters. The molecule has 28 heavy (non-hydrogen) atoms. The fourth-order valence-electron chi connectivity index (χ4n) is 3.25. The summed E-state index contributed by atoms with van der Waals surface area (Å²) in [6.45, 7) is 9.00. The minimum absolute atomic E-state index is 0.0151. The standard InChI is InChI=1S/C21H28N4O3/c1-13(2)17-11-18(24-23-17)21(27)25-10-9-15(12-25)22-20(26)16-7-5-6-8-19(16)28-14(3)4/h5-8,11,13-15H,9-10,12H2,1-4H3,(H,22,26)(H,23,24). The SMILES string of the molecule is CC(C)Oc1ccccc1C(=O)NC1CCN(C(=O)c2cc(C(C)C)n[nH]2)C1. The van der Waals surface area contributed by atoms with Gasteiger partial charge >= 0.3 is 0 Å². The van der Waals surface area contributed by atoms with Crippen molar-refractivity contribution in [2.45, 2.75) is 52.2 Å². The van der Waals surface area contributed by atoms with Crippen LogP contribution in [-0.4, -0.2) is 52.1 Å². The van der Waals surface area contributed by atoms with Gasteiger partial charge in [-0.3, -0.25) is 14.7 Å². The van der Waals surface area contributed by atoms with Gasteiger partial charge in [0.05, 0.1) is 17.4 Å². The van der Waals surface area contributed by atoms with E-state index in [1.54, 1.807) is 23.1 Å². The maximum atomic E-state index is 12.7. The highest BCUT2D eigenvalue weighted by atomic mass is 16.5. The normalized spacial score (nSPS) is 16.6. The molecule has 0 saturated carbocycles. The Labute approximate surface area is 165 Å². The molecule has 2 amide bonds. The Bertz CT molecular complexity index is 844. The number of amides is 2. The minimum Gasteiger partial charge on any atom is -0.490 e. The van der Waals surface area contributed by atoms with Crippen molar-refractivity contribution in [1.29, 1.82) is 0 Å². The molecule has 2 aromatic rings. The zero-order chi connectivity index (χ0) is 20.3. The highest BCUT2D eigenvalue weighted by Crippen LogP contribution is 2.21. The van der Waals surface area contributed by atoms with Crippen molar-refractivity contribution in [2.24, 2.45) is 0 Å². The van der Waals surface area contributed by atoms with E-state index in [4.69, 9.17) is 4.74 Å². The lowest BCUT2D eigenvalue weighted by molar-refractivity contribution is 0.0777. The van der Waals surface area contributed by atoms with Crippen molar-refractivity contribution in [2.75, 3.05) is 13.1 Å². The summed E-state index contributed by atoms with van der Waals surface area (Å²) in [5.74, 6) is 0.565. The first-order valence-corrected chi connectivity index (χ1v) is 9.76. The summed E-state index contributed by atoms with van der Waals surface area (Å²) < 4.78 is 5.73. The molecule has 150 valence electrons. The van der Waals surface area contributed by atoms with Crippen molar-refractivity contribution in [3.63, 3.8) is 0 Å². The highest BCUT2D eigenvalue weighted by molar-refractivity contribution is 5.97. The maximum Gasteiger partial charge on any atom is 0.271 e. The monoisotopic (exact) mass is 384 g/mol. The summed E-state index contributed by atoms with van der Waals surface area (Å²) >= 11 is 0. The van der Waals surface area contributed by atoms with E-state index >= 15 is 0 Å². The molecule has 1 fully saturated rings. The van der Waals surface area contributed by atoms with Crippen LogP contribution in [0.5, 0.6) is 5.75 Å². The van der Waals surface area contributed by atoms with Gasteiger partial charge in [0, 0.05) is 19.1 Å². The van der Waals surface area contributed by atoms with Crippen molar-refractivity contribution in [1.82, 2.24) is 20.4 Å². The van der Waals surface area contributed by atoms with Crippen LogP contribution < -0.4 is 10.1 Å². The lowest BCUT2D eigenvalue weighted by atomic mass is 10.1. The molecule has 1 aliphatic rings. The van der Waals surface area contributed by atoms with Crippen LogP contribution in [0.25, 0.3) is 0 Å². The second-order valence-electron chi connectivity index (χ2n) is 7.73. The zero-order valence-corrected chi connectivity index (χ0v) is 16.9. The topological polar surface area (TPSA) is 87.3 Å². The Morgan fingerprint density at radius 1 is 1.25 bits per heavy atom. The van der Waals surface area contributed by atoms with Gasteiger partial charge in [0.2, 0.25) is 0 Å². The molecular weight excluding hydrogens is 356 g/mol. The van der Waals surface area contributed by atoms with Crippen molar-refractivity contribution >= 4 is 11.8 Å². The number of H-pyrrole nitrogens is 1. The summed E-state index contributed by atoms with van der Waals surface area (Å²) in [5, 5.41) is 10.0. The van der Waals surface area contributed by atoms with E-state index in [0.29, 0.717) is 30.1 Å². The number of likely N-dealkylation sites (tertiary alicyclic amines) is 1. The molecule has 1 saturated heterocycles. The lowest BCUT2D eigenvalue weighted by Crippen LogP contribution is -2.38. The summed E-state index contributed by atoms with van der Waals surface area (Å²) in [4.78, 5) is 27.1. The molecule has 3 rings (SSSR count). The van der Waals surface area contributed by atoms with Crippen LogP contribution in [0, 0.1) is 0 Å². The number of benzene rings is 1. The van der Waals surface area contributed by atoms with Gasteiger partial charge in [-0.2, -0.15) is 5.10 Å². The Balaban J connectivity index is 1.61. The third kappa shape index (κ3) is 4.52. The van der Waals surface area contributed by atoms with Crippen LogP contribution >= 0.6 is 0 Å². The summed E-state index contributed by atoms with van der Waals surface area (Å²) in [7, 11) is 0. The molecule has 0 bridgehead atoms. The lowest BCUT2D eigenvalue weighted by Gasteiger charge is -2.18.